The lowest BCUT2D eigenvalue weighted by Gasteiger charge is -2.31. The van der Waals surface area contributed by atoms with Crippen LogP contribution in [-0.4, -0.2) is 55.2 Å². The number of likely N-dealkylation sites (tertiary alicyclic amines) is 1. The lowest BCUT2D eigenvalue weighted by Crippen LogP contribution is -2.42. The summed E-state index contributed by atoms with van der Waals surface area (Å²) >= 11 is 0. The van der Waals surface area contributed by atoms with Gasteiger partial charge in [0.2, 0.25) is 11.8 Å². The van der Waals surface area contributed by atoms with E-state index in [2.05, 4.69) is 10.1 Å². The number of carbonyl (C=O) groups excluding carboxylic acids is 3. The molecule has 2 fully saturated rings. The largest absolute Gasteiger partial charge is 0.440 e. The van der Waals surface area contributed by atoms with E-state index in [9.17, 15) is 27.6 Å². The molecule has 1 aromatic carbocycles. The highest BCUT2D eigenvalue weighted by Gasteiger charge is 2.33. The van der Waals surface area contributed by atoms with Crippen LogP contribution in [0.2, 0.25) is 0 Å². The van der Waals surface area contributed by atoms with Crippen molar-refractivity contribution in [3.63, 3.8) is 0 Å². The van der Waals surface area contributed by atoms with Gasteiger partial charge in [-0.25, -0.2) is 4.79 Å². The Balaban J connectivity index is 1.54. The molecule has 0 atom stereocenters. The van der Waals surface area contributed by atoms with E-state index in [1.54, 1.807) is 29.2 Å². The van der Waals surface area contributed by atoms with E-state index in [1.807, 2.05) is 0 Å². The fourth-order valence-corrected chi connectivity index (χ4v) is 3.51. The number of anilines is 2. The quantitative estimate of drug-likeness (QED) is 0.823. The number of rotatable bonds is 4. The van der Waals surface area contributed by atoms with E-state index in [1.165, 1.54) is 4.90 Å². The number of ether oxygens (including phenoxy) is 1. The van der Waals surface area contributed by atoms with Crippen molar-refractivity contribution in [1.29, 1.82) is 0 Å². The molecule has 0 spiro atoms. The summed E-state index contributed by atoms with van der Waals surface area (Å²) in [6.07, 6.45) is -3.72. The summed E-state index contributed by atoms with van der Waals surface area (Å²) in [6, 6.07) is 7.06. The van der Waals surface area contributed by atoms with Crippen LogP contribution in [0.4, 0.5) is 29.3 Å². The van der Waals surface area contributed by atoms with E-state index in [4.69, 9.17) is 0 Å². The van der Waals surface area contributed by atoms with Crippen LogP contribution in [0.25, 0.3) is 0 Å². The Hall–Kier alpha value is -2.78. The summed E-state index contributed by atoms with van der Waals surface area (Å²) in [5.74, 6) is -0.617. The fourth-order valence-electron chi connectivity index (χ4n) is 3.51. The summed E-state index contributed by atoms with van der Waals surface area (Å²) in [6.45, 7) is -0.746. The maximum Gasteiger partial charge on any atom is 0.422 e. The molecule has 2 aliphatic rings. The molecule has 158 valence electrons. The Morgan fingerprint density at radius 1 is 1.14 bits per heavy atom. The monoisotopic (exact) mass is 413 g/mol. The number of halogens is 3. The first kappa shape index (κ1) is 20.9. The zero-order chi connectivity index (χ0) is 21.0. The normalized spacial score (nSPS) is 18.1. The van der Waals surface area contributed by atoms with Crippen LogP contribution in [0.3, 0.4) is 0 Å². The number of carbonyl (C=O) groups is 3. The molecule has 3 rings (SSSR count). The molecule has 7 nitrogen and oxygen atoms in total. The van der Waals surface area contributed by atoms with Gasteiger partial charge in [0.25, 0.3) is 0 Å². The van der Waals surface area contributed by atoms with E-state index in [0.717, 1.165) is 6.42 Å². The molecule has 3 amide bonds. The predicted molar refractivity (Wildman–Crippen MR) is 98.4 cm³/mol. The van der Waals surface area contributed by atoms with E-state index in [0.29, 0.717) is 37.2 Å². The average Bonchev–Trinajstić information content (AvgIpc) is 3.12. The summed E-state index contributed by atoms with van der Waals surface area (Å²) in [5.41, 5.74) is 1.19. The van der Waals surface area contributed by atoms with Gasteiger partial charge < -0.3 is 19.9 Å². The molecule has 0 aromatic heterocycles. The SMILES string of the molecule is O=C(Nc1ccccc1N1CCCC1=O)C1CCN(C(=O)OCC(F)(F)F)CC1. The summed E-state index contributed by atoms with van der Waals surface area (Å²) in [5, 5.41) is 2.85. The maximum absolute atomic E-state index is 12.7. The second kappa shape index (κ2) is 8.71. The number of hydrogen-bond donors (Lipinski definition) is 1. The van der Waals surface area contributed by atoms with Crippen LogP contribution in [0.5, 0.6) is 0 Å². The minimum atomic E-state index is -4.57. The highest BCUT2D eigenvalue weighted by molar-refractivity contribution is 6.02. The lowest BCUT2D eigenvalue weighted by atomic mass is 9.96. The summed E-state index contributed by atoms with van der Waals surface area (Å²) in [7, 11) is 0. The van der Waals surface area contributed by atoms with Gasteiger partial charge in [0.15, 0.2) is 6.61 Å². The van der Waals surface area contributed by atoms with Crippen molar-refractivity contribution >= 4 is 29.3 Å². The Labute approximate surface area is 165 Å². The smallest absolute Gasteiger partial charge is 0.422 e. The van der Waals surface area contributed by atoms with Crippen molar-refractivity contribution in [3.05, 3.63) is 24.3 Å². The van der Waals surface area contributed by atoms with Crippen molar-refractivity contribution in [3.8, 4) is 0 Å². The van der Waals surface area contributed by atoms with Gasteiger partial charge in [-0.3, -0.25) is 9.59 Å². The number of para-hydroxylation sites is 2. The van der Waals surface area contributed by atoms with Gasteiger partial charge in [0.05, 0.1) is 11.4 Å². The Bertz CT molecular complexity index is 776. The highest BCUT2D eigenvalue weighted by atomic mass is 19.4. The summed E-state index contributed by atoms with van der Waals surface area (Å²) < 4.78 is 40.7. The molecule has 29 heavy (non-hydrogen) atoms. The highest BCUT2D eigenvalue weighted by Crippen LogP contribution is 2.30. The van der Waals surface area contributed by atoms with Crippen molar-refractivity contribution in [2.24, 2.45) is 5.92 Å². The van der Waals surface area contributed by atoms with Gasteiger partial charge in [-0.05, 0) is 31.4 Å². The molecule has 2 aliphatic heterocycles. The van der Waals surface area contributed by atoms with E-state index >= 15 is 0 Å². The molecule has 2 saturated heterocycles. The predicted octanol–water partition coefficient (Wildman–Crippen LogP) is 3.16. The molecule has 0 saturated carbocycles. The molecule has 0 radical (unpaired) electrons. The number of nitrogens with zero attached hydrogens (tertiary/aromatic N) is 2. The van der Waals surface area contributed by atoms with Crippen LogP contribution in [0.1, 0.15) is 25.7 Å². The molecule has 10 heteroatoms. The number of hydrogen-bond acceptors (Lipinski definition) is 4. The van der Waals surface area contributed by atoms with Crippen LogP contribution >= 0.6 is 0 Å². The van der Waals surface area contributed by atoms with Crippen molar-refractivity contribution in [1.82, 2.24) is 4.90 Å². The molecular formula is C19H22F3N3O4. The van der Waals surface area contributed by atoms with Crippen molar-refractivity contribution < 1.29 is 32.3 Å². The van der Waals surface area contributed by atoms with Gasteiger partial charge in [0.1, 0.15) is 0 Å². The molecule has 0 unspecified atom stereocenters. The molecule has 2 heterocycles. The zero-order valence-corrected chi connectivity index (χ0v) is 15.7. The number of benzene rings is 1. The fraction of sp³-hybridized carbons (Fsp3) is 0.526. The van der Waals surface area contributed by atoms with Crippen LogP contribution < -0.4 is 10.2 Å². The third kappa shape index (κ3) is 5.39. The number of amides is 3. The van der Waals surface area contributed by atoms with Gasteiger partial charge in [-0.15, -0.1) is 0 Å². The van der Waals surface area contributed by atoms with Crippen LogP contribution in [-0.2, 0) is 14.3 Å². The van der Waals surface area contributed by atoms with E-state index < -0.39 is 18.9 Å². The lowest BCUT2D eigenvalue weighted by molar-refractivity contribution is -0.162. The third-order valence-electron chi connectivity index (χ3n) is 5.01. The minimum absolute atomic E-state index is 0.0115. The number of piperidine rings is 1. The van der Waals surface area contributed by atoms with Crippen molar-refractivity contribution in [2.75, 3.05) is 36.5 Å². The molecule has 1 N–H and O–H groups in total. The molecular weight excluding hydrogens is 391 g/mol. The minimum Gasteiger partial charge on any atom is -0.440 e. The van der Waals surface area contributed by atoms with E-state index in [-0.39, 0.29) is 30.8 Å². The summed E-state index contributed by atoms with van der Waals surface area (Å²) in [4.78, 5) is 39.2. The zero-order valence-electron chi connectivity index (χ0n) is 15.7. The first-order valence-electron chi connectivity index (χ1n) is 9.43. The first-order valence-corrected chi connectivity index (χ1v) is 9.43. The Morgan fingerprint density at radius 3 is 2.45 bits per heavy atom. The second-order valence-corrected chi connectivity index (χ2v) is 7.09. The van der Waals surface area contributed by atoms with Crippen LogP contribution in [0.15, 0.2) is 24.3 Å². The standard InChI is InChI=1S/C19H22F3N3O4/c20-19(21,22)12-29-18(28)24-10-7-13(8-11-24)17(27)23-14-4-1-2-5-15(14)25-9-3-6-16(25)26/h1-2,4-5,13H,3,6-12H2,(H,23,27). The first-order chi connectivity index (χ1) is 13.7. The van der Waals surface area contributed by atoms with Gasteiger partial charge in [-0.2, -0.15) is 13.2 Å². The van der Waals surface area contributed by atoms with Crippen LogP contribution in [0, 0.1) is 5.92 Å². The van der Waals surface area contributed by atoms with Gasteiger partial charge in [-0.1, -0.05) is 12.1 Å². The van der Waals surface area contributed by atoms with Gasteiger partial charge >= 0.3 is 12.3 Å². The Morgan fingerprint density at radius 2 is 1.83 bits per heavy atom. The molecule has 0 bridgehead atoms. The molecule has 1 aromatic rings. The number of nitrogens with one attached hydrogen (secondary N) is 1. The van der Waals surface area contributed by atoms with Crippen molar-refractivity contribution in [2.45, 2.75) is 31.9 Å². The average molecular weight is 413 g/mol. The number of alkyl halides is 3. The molecule has 0 aliphatic carbocycles. The topological polar surface area (TPSA) is 79.0 Å². The Kier molecular flexibility index (Phi) is 6.29. The van der Waals surface area contributed by atoms with Gasteiger partial charge in [0, 0.05) is 32.0 Å². The second-order valence-electron chi connectivity index (χ2n) is 7.09. The third-order valence-corrected chi connectivity index (χ3v) is 5.01. The maximum atomic E-state index is 12.7.